The van der Waals surface area contributed by atoms with Crippen molar-refractivity contribution in [3.63, 3.8) is 0 Å². The van der Waals surface area contributed by atoms with Crippen LogP contribution in [0.15, 0.2) is 30.3 Å². The summed E-state index contributed by atoms with van der Waals surface area (Å²) in [6, 6.07) is 9.37. The standard InChI is InChI=1S/C17H19NO3S/c1-4-13-7-5-6-8-15(13)18-16(19)10-21-17(20)14-9-11(2)22-12(14)3/h5-9H,4,10H2,1-3H3,(H,18,19). The van der Waals surface area contributed by atoms with Crippen molar-refractivity contribution >= 4 is 28.9 Å². The highest BCUT2D eigenvalue weighted by Gasteiger charge is 2.15. The molecule has 0 fully saturated rings. The molecule has 1 heterocycles. The SMILES string of the molecule is CCc1ccccc1NC(=O)COC(=O)c1cc(C)sc1C. The topological polar surface area (TPSA) is 55.4 Å². The molecule has 0 aliphatic carbocycles. The van der Waals surface area contributed by atoms with Gasteiger partial charge < -0.3 is 10.1 Å². The van der Waals surface area contributed by atoms with Gasteiger partial charge in [-0.05, 0) is 38.0 Å². The molecule has 0 saturated carbocycles. The highest BCUT2D eigenvalue weighted by atomic mass is 32.1. The van der Waals surface area contributed by atoms with E-state index in [9.17, 15) is 9.59 Å². The van der Waals surface area contributed by atoms with Gasteiger partial charge in [0.1, 0.15) is 0 Å². The minimum Gasteiger partial charge on any atom is -0.452 e. The molecule has 2 rings (SSSR count). The lowest BCUT2D eigenvalue weighted by molar-refractivity contribution is -0.119. The van der Waals surface area contributed by atoms with Crippen molar-refractivity contribution in [2.75, 3.05) is 11.9 Å². The molecule has 5 heteroatoms. The Morgan fingerprint density at radius 1 is 1.23 bits per heavy atom. The summed E-state index contributed by atoms with van der Waals surface area (Å²) in [5.74, 6) is -0.792. The quantitative estimate of drug-likeness (QED) is 0.855. The van der Waals surface area contributed by atoms with Gasteiger partial charge in [-0.15, -0.1) is 11.3 Å². The first-order chi connectivity index (χ1) is 10.5. The predicted octanol–water partition coefficient (Wildman–Crippen LogP) is 3.72. The number of para-hydroxylation sites is 1. The zero-order valence-corrected chi connectivity index (χ0v) is 13.8. The van der Waals surface area contributed by atoms with Crippen LogP contribution in [0.1, 0.15) is 32.6 Å². The van der Waals surface area contributed by atoms with Crippen LogP contribution in [-0.2, 0) is 16.0 Å². The summed E-state index contributed by atoms with van der Waals surface area (Å²) >= 11 is 1.54. The lowest BCUT2D eigenvalue weighted by Gasteiger charge is -2.10. The van der Waals surface area contributed by atoms with Crippen molar-refractivity contribution in [1.82, 2.24) is 0 Å². The highest BCUT2D eigenvalue weighted by molar-refractivity contribution is 7.12. The van der Waals surface area contributed by atoms with Crippen LogP contribution >= 0.6 is 11.3 Å². The van der Waals surface area contributed by atoms with Crippen LogP contribution in [0.4, 0.5) is 5.69 Å². The summed E-state index contributed by atoms with van der Waals surface area (Å²) in [5.41, 5.74) is 2.34. The second kappa shape index (κ2) is 7.22. The third-order valence-electron chi connectivity index (χ3n) is 3.27. The molecule has 4 nitrogen and oxygen atoms in total. The van der Waals surface area contributed by atoms with Gasteiger partial charge in [0.05, 0.1) is 5.56 Å². The van der Waals surface area contributed by atoms with E-state index in [1.807, 2.05) is 45.0 Å². The number of hydrogen-bond donors (Lipinski definition) is 1. The average molecular weight is 317 g/mol. The fourth-order valence-corrected chi connectivity index (χ4v) is 3.09. The number of rotatable bonds is 5. The predicted molar refractivity (Wildman–Crippen MR) is 88.5 cm³/mol. The molecular weight excluding hydrogens is 298 g/mol. The Morgan fingerprint density at radius 3 is 2.59 bits per heavy atom. The minimum absolute atomic E-state index is 0.286. The first-order valence-corrected chi connectivity index (χ1v) is 7.94. The molecule has 0 saturated heterocycles. The third kappa shape index (κ3) is 3.95. The Labute approximate surface area is 134 Å². The van der Waals surface area contributed by atoms with Crippen LogP contribution in [-0.4, -0.2) is 18.5 Å². The fraction of sp³-hybridized carbons (Fsp3) is 0.294. The first kappa shape index (κ1) is 16.2. The van der Waals surface area contributed by atoms with E-state index in [4.69, 9.17) is 4.74 Å². The molecule has 1 N–H and O–H groups in total. The number of benzene rings is 1. The summed E-state index contributed by atoms with van der Waals surface area (Å²) in [5, 5.41) is 2.77. The fourth-order valence-electron chi connectivity index (χ4n) is 2.18. The molecule has 0 radical (unpaired) electrons. The zero-order chi connectivity index (χ0) is 16.1. The first-order valence-electron chi connectivity index (χ1n) is 7.13. The van der Waals surface area contributed by atoms with Gasteiger partial charge in [-0.1, -0.05) is 25.1 Å². The molecule has 0 unspecified atom stereocenters. The molecular formula is C17H19NO3S. The van der Waals surface area contributed by atoms with E-state index in [1.165, 1.54) is 11.3 Å². The molecule has 0 atom stereocenters. The number of esters is 1. The van der Waals surface area contributed by atoms with E-state index < -0.39 is 5.97 Å². The number of nitrogens with one attached hydrogen (secondary N) is 1. The van der Waals surface area contributed by atoms with Crippen molar-refractivity contribution in [3.05, 3.63) is 51.2 Å². The van der Waals surface area contributed by atoms with Crippen LogP contribution in [0.2, 0.25) is 0 Å². The number of carbonyl (C=O) groups excluding carboxylic acids is 2. The number of aryl methyl sites for hydroxylation is 3. The lowest BCUT2D eigenvalue weighted by Crippen LogP contribution is -2.21. The molecule has 1 amide bonds. The number of hydrogen-bond acceptors (Lipinski definition) is 4. The van der Waals surface area contributed by atoms with Gasteiger partial charge in [0, 0.05) is 15.4 Å². The van der Waals surface area contributed by atoms with Crippen LogP contribution in [0, 0.1) is 13.8 Å². The van der Waals surface area contributed by atoms with Crippen molar-refractivity contribution in [2.45, 2.75) is 27.2 Å². The molecule has 0 aliphatic rings. The molecule has 1 aromatic carbocycles. The summed E-state index contributed by atoms with van der Waals surface area (Å²) in [6.07, 6.45) is 0.823. The Bertz CT molecular complexity index is 691. The highest BCUT2D eigenvalue weighted by Crippen LogP contribution is 2.21. The largest absolute Gasteiger partial charge is 0.452 e. The molecule has 1 aromatic heterocycles. The van der Waals surface area contributed by atoms with Crippen molar-refractivity contribution in [2.24, 2.45) is 0 Å². The van der Waals surface area contributed by atoms with E-state index >= 15 is 0 Å². The van der Waals surface area contributed by atoms with Gasteiger partial charge in [0.25, 0.3) is 5.91 Å². The van der Waals surface area contributed by atoms with Gasteiger partial charge in [-0.3, -0.25) is 4.79 Å². The van der Waals surface area contributed by atoms with Crippen LogP contribution in [0.25, 0.3) is 0 Å². The molecule has 2 aromatic rings. The normalized spacial score (nSPS) is 10.3. The van der Waals surface area contributed by atoms with E-state index in [0.717, 1.165) is 27.4 Å². The molecule has 116 valence electrons. The van der Waals surface area contributed by atoms with Crippen LogP contribution in [0.5, 0.6) is 0 Å². The molecule has 0 bridgehead atoms. The minimum atomic E-state index is -0.458. The van der Waals surface area contributed by atoms with Gasteiger partial charge in [-0.25, -0.2) is 4.79 Å². The molecule has 0 aliphatic heterocycles. The van der Waals surface area contributed by atoms with Gasteiger partial charge in [0.2, 0.25) is 0 Å². The molecule has 22 heavy (non-hydrogen) atoms. The summed E-state index contributed by atoms with van der Waals surface area (Å²) in [6.45, 7) is 5.53. The van der Waals surface area contributed by atoms with Crippen molar-refractivity contribution < 1.29 is 14.3 Å². The monoisotopic (exact) mass is 317 g/mol. The van der Waals surface area contributed by atoms with Gasteiger partial charge in [-0.2, -0.15) is 0 Å². The van der Waals surface area contributed by atoms with E-state index in [0.29, 0.717) is 5.56 Å². The van der Waals surface area contributed by atoms with Crippen LogP contribution in [0.3, 0.4) is 0 Å². The third-order valence-corrected chi connectivity index (χ3v) is 4.23. The Balaban J connectivity index is 1.93. The van der Waals surface area contributed by atoms with E-state index in [2.05, 4.69) is 5.32 Å². The van der Waals surface area contributed by atoms with Crippen LogP contribution < -0.4 is 5.32 Å². The van der Waals surface area contributed by atoms with Gasteiger partial charge >= 0.3 is 5.97 Å². The van der Waals surface area contributed by atoms with E-state index in [-0.39, 0.29) is 12.5 Å². The second-order valence-electron chi connectivity index (χ2n) is 4.96. The Morgan fingerprint density at radius 2 is 1.95 bits per heavy atom. The summed E-state index contributed by atoms with van der Waals surface area (Å²) in [7, 11) is 0. The summed E-state index contributed by atoms with van der Waals surface area (Å²) in [4.78, 5) is 25.8. The average Bonchev–Trinajstić information content (AvgIpc) is 2.84. The maximum atomic E-state index is 12.0. The number of ether oxygens (including phenoxy) is 1. The lowest BCUT2D eigenvalue weighted by atomic mass is 10.1. The van der Waals surface area contributed by atoms with Crippen molar-refractivity contribution in [3.8, 4) is 0 Å². The Kier molecular flexibility index (Phi) is 5.33. The maximum absolute atomic E-state index is 12.0. The smallest absolute Gasteiger partial charge is 0.339 e. The van der Waals surface area contributed by atoms with Gasteiger partial charge in [0.15, 0.2) is 6.61 Å². The number of anilines is 1. The van der Waals surface area contributed by atoms with E-state index in [1.54, 1.807) is 6.07 Å². The number of amides is 1. The Hall–Kier alpha value is -2.14. The van der Waals surface area contributed by atoms with Crippen molar-refractivity contribution in [1.29, 1.82) is 0 Å². The number of thiophene rings is 1. The molecule has 0 spiro atoms. The zero-order valence-electron chi connectivity index (χ0n) is 12.9. The number of carbonyl (C=O) groups is 2. The summed E-state index contributed by atoms with van der Waals surface area (Å²) < 4.78 is 5.09. The second-order valence-corrected chi connectivity index (χ2v) is 6.42. The maximum Gasteiger partial charge on any atom is 0.339 e.